The molecule has 5 nitrogen and oxygen atoms in total. The lowest BCUT2D eigenvalue weighted by molar-refractivity contribution is -0.150. The van der Waals surface area contributed by atoms with Crippen molar-refractivity contribution >= 4 is 23.4 Å². The summed E-state index contributed by atoms with van der Waals surface area (Å²) in [7, 11) is 0. The number of benzene rings is 1. The fraction of sp³-hybridized carbons (Fsp3) is 0.476. The number of nitrogens with zero attached hydrogens (tertiary/aromatic N) is 3. The van der Waals surface area contributed by atoms with E-state index in [1.807, 2.05) is 24.3 Å². The van der Waals surface area contributed by atoms with Crippen molar-refractivity contribution in [2.24, 2.45) is 5.92 Å². The number of cyclic esters (lactones) is 1. The summed E-state index contributed by atoms with van der Waals surface area (Å²) in [6.07, 6.45) is 6.19. The Balaban J connectivity index is 1.62. The Labute approximate surface area is 163 Å². The Kier molecular flexibility index (Phi) is 4.27. The zero-order chi connectivity index (χ0) is 18.4. The van der Waals surface area contributed by atoms with Gasteiger partial charge in [0.25, 0.3) is 0 Å². The van der Waals surface area contributed by atoms with E-state index in [1.165, 1.54) is 5.56 Å². The van der Waals surface area contributed by atoms with Crippen LogP contribution in [0.1, 0.15) is 36.9 Å². The van der Waals surface area contributed by atoms with Gasteiger partial charge in [0.05, 0.1) is 6.61 Å². The van der Waals surface area contributed by atoms with Gasteiger partial charge in [-0.15, -0.1) is 0 Å². The normalized spacial score (nSPS) is 24.3. The Morgan fingerprint density at radius 1 is 1.15 bits per heavy atom. The van der Waals surface area contributed by atoms with Crippen molar-refractivity contribution < 1.29 is 9.53 Å². The third-order valence-corrected chi connectivity index (χ3v) is 6.25. The fourth-order valence-corrected chi connectivity index (χ4v) is 4.87. The number of rotatable bonds is 2. The van der Waals surface area contributed by atoms with Crippen molar-refractivity contribution in [2.45, 2.75) is 44.6 Å². The van der Waals surface area contributed by atoms with Gasteiger partial charge in [-0.05, 0) is 56.6 Å². The van der Waals surface area contributed by atoms with E-state index >= 15 is 0 Å². The minimum absolute atomic E-state index is 0.101. The van der Waals surface area contributed by atoms with Gasteiger partial charge in [0.2, 0.25) is 0 Å². The van der Waals surface area contributed by atoms with Crippen molar-refractivity contribution in [1.82, 2.24) is 9.97 Å². The number of fused-ring (bicyclic) bond motifs is 2. The fourth-order valence-electron chi connectivity index (χ4n) is 4.68. The summed E-state index contributed by atoms with van der Waals surface area (Å²) in [6, 6.07) is 7.46. The summed E-state index contributed by atoms with van der Waals surface area (Å²) < 4.78 is 5.38. The molecule has 0 radical (unpaired) electrons. The average Bonchev–Trinajstić information content (AvgIpc) is 3.12. The maximum atomic E-state index is 12.5. The van der Waals surface area contributed by atoms with Crippen LogP contribution in [0.4, 0.5) is 5.82 Å². The monoisotopic (exact) mass is 383 g/mol. The van der Waals surface area contributed by atoms with Gasteiger partial charge in [0.1, 0.15) is 11.9 Å². The molecule has 3 heterocycles. The van der Waals surface area contributed by atoms with E-state index in [2.05, 4.69) is 4.90 Å². The lowest BCUT2D eigenvalue weighted by atomic mass is 9.93. The van der Waals surface area contributed by atoms with Crippen LogP contribution in [0.25, 0.3) is 11.4 Å². The maximum Gasteiger partial charge on any atom is 0.329 e. The van der Waals surface area contributed by atoms with Gasteiger partial charge in [-0.25, -0.2) is 14.8 Å². The van der Waals surface area contributed by atoms with E-state index in [-0.39, 0.29) is 12.0 Å². The van der Waals surface area contributed by atoms with Crippen LogP contribution in [0.15, 0.2) is 24.3 Å². The highest BCUT2D eigenvalue weighted by Crippen LogP contribution is 2.38. The number of hydrogen-bond acceptors (Lipinski definition) is 5. The number of anilines is 1. The van der Waals surface area contributed by atoms with Crippen LogP contribution in [-0.2, 0) is 22.4 Å². The van der Waals surface area contributed by atoms with Gasteiger partial charge in [-0.2, -0.15) is 0 Å². The average molecular weight is 384 g/mol. The summed E-state index contributed by atoms with van der Waals surface area (Å²) >= 11 is 6.19. The Bertz CT molecular complexity index is 901. The molecule has 2 aliphatic heterocycles. The molecular formula is C21H22ClN3O2. The number of esters is 1. The lowest BCUT2D eigenvalue weighted by Crippen LogP contribution is -2.45. The lowest BCUT2D eigenvalue weighted by Gasteiger charge is -2.33. The number of aromatic nitrogens is 2. The van der Waals surface area contributed by atoms with Crippen LogP contribution in [0.5, 0.6) is 0 Å². The highest BCUT2D eigenvalue weighted by Gasteiger charge is 2.44. The molecule has 1 aliphatic carbocycles. The third kappa shape index (κ3) is 2.98. The highest BCUT2D eigenvalue weighted by atomic mass is 35.5. The van der Waals surface area contributed by atoms with E-state index in [0.717, 1.165) is 62.1 Å². The largest absolute Gasteiger partial charge is 0.464 e. The first-order valence-electron chi connectivity index (χ1n) is 9.80. The molecule has 5 rings (SSSR count). The van der Waals surface area contributed by atoms with Crippen LogP contribution in [-0.4, -0.2) is 35.1 Å². The Morgan fingerprint density at radius 3 is 2.93 bits per heavy atom. The molecule has 2 aromatic rings. The summed E-state index contributed by atoms with van der Waals surface area (Å²) in [4.78, 5) is 24.5. The molecule has 2 atom stereocenters. The summed E-state index contributed by atoms with van der Waals surface area (Å²) in [6.45, 7) is 1.40. The Morgan fingerprint density at radius 2 is 2.04 bits per heavy atom. The third-order valence-electron chi connectivity index (χ3n) is 6.01. The molecular weight excluding hydrogens is 362 g/mol. The SMILES string of the molecule is O=C1OCCC2CCN(c3nc(-c4cccc(Cl)c4)nc4c3CCCC4)C12. The first-order chi connectivity index (χ1) is 13.2. The van der Waals surface area contributed by atoms with Crippen molar-refractivity contribution in [3.63, 3.8) is 0 Å². The molecule has 6 heteroatoms. The van der Waals surface area contributed by atoms with E-state index in [4.69, 9.17) is 26.3 Å². The molecule has 3 aliphatic rings. The molecule has 0 saturated carbocycles. The van der Waals surface area contributed by atoms with Gasteiger partial charge in [0.15, 0.2) is 5.82 Å². The number of halogens is 1. The zero-order valence-electron chi connectivity index (χ0n) is 15.2. The van der Waals surface area contributed by atoms with Gasteiger partial charge >= 0.3 is 5.97 Å². The molecule has 0 N–H and O–H groups in total. The summed E-state index contributed by atoms with van der Waals surface area (Å²) in [5.41, 5.74) is 3.25. The molecule has 2 saturated heterocycles. The van der Waals surface area contributed by atoms with Gasteiger partial charge in [0, 0.05) is 28.4 Å². The quantitative estimate of drug-likeness (QED) is 0.738. The van der Waals surface area contributed by atoms with Gasteiger partial charge in [-0.3, -0.25) is 0 Å². The minimum atomic E-state index is -0.202. The van der Waals surface area contributed by atoms with Crippen molar-refractivity contribution in [2.75, 3.05) is 18.1 Å². The van der Waals surface area contributed by atoms with Gasteiger partial charge < -0.3 is 9.64 Å². The van der Waals surface area contributed by atoms with Crippen molar-refractivity contribution in [3.8, 4) is 11.4 Å². The molecule has 0 amide bonds. The number of carbonyl (C=O) groups excluding carboxylic acids is 1. The molecule has 1 aromatic carbocycles. The molecule has 2 fully saturated rings. The van der Waals surface area contributed by atoms with E-state index in [0.29, 0.717) is 23.4 Å². The molecule has 27 heavy (non-hydrogen) atoms. The topological polar surface area (TPSA) is 55.3 Å². The predicted octanol–water partition coefficient (Wildman–Crippen LogP) is 3.82. The van der Waals surface area contributed by atoms with Crippen LogP contribution >= 0.6 is 11.6 Å². The van der Waals surface area contributed by atoms with Gasteiger partial charge in [-0.1, -0.05) is 23.7 Å². The molecule has 140 valence electrons. The Hall–Kier alpha value is -2.14. The summed E-state index contributed by atoms with van der Waals surface area (Å²) in [5, 5.41) is 0.674. The zero-order valence-corrected chi connectivity index (χ0v) is 15.9. The maximum absolute atomic E-state index is 12.5. The minimum Gasteiger partial charge on any atom is -0.464 e. The standard InChI is InChI=1S/C21H22ClN3O2/c22-15-5-3-4-14(12-15)19-23-17-7-2-1-6-16(17)20(24-19)25-10-8-13-9-11-27-21(26)18(13)25/h3-5,12-13,18H,1-2,6-11H2. The molecule has 1 aromatic heterocycles. The number of ether oxygens (including phenoxy) is 1. The van der Waals surface area contributed by atoms with E-state index in [1.54, 1.807) is 0 Å². The molecule has 0 bridgehead atoms. The van der Waals surface area contributed by atoms with Crippen molar-refractivity contribution in [1.29, 1.82) is 0 Å². The second-order valence-corrected chi connectivity index (χ2v) is 8.09. The van der Waals surface area contributed by atoms with Crippen molar-refractivity contribution in [3.05, 3.63) is 40.5 Å². The van der Waals surface area contributed by atoms with Crippen LogP contribution < -0.4 is 4.90 Å². The van der Waals surface area contributed by atoms with Crippen LogP contribution in [0, 0.1) is 5.92 Å². The van der Waals surface area contributed by atoms with E-state index < -0.39 is 0 Å². The predicted molar refractivity (Wildman–Crippen MR) is 104 cm³/mol. The smallest absolute Gasteiger partial charge is 0.329 e. The first kappa shape index (κ1) is 17.0. The summed E-state index contributed by atoms with van der Waals surface area (Å²) in [5.74, 6) is 1.90. The second-order valence-electron chi connectivity index (χ2n) is 7.66. The number of carbonyl (C=O) groups is 1. The van der Waals surface area contributed by atoms with E-state index in [9.17, 15) is 4.79 Å². The second kappa shape index (κ2) is 6.79. The molecule has 0 spiro atoms. The number of hydrogen-bond donors (Lipinski definition) is 0. The highest BCUT2D eigenvalue weighted by molar-refractivity contribution is 6.30. The number of aryl methyl sites for hydroxylation is 1. The first-order valence-corrected chi connectivity index (χ1v) is 10.2. The van der Waals surface area contributed by atoms with Crippen LogP contribution in [0.2, 0.25) is 5.02 Å². The van der Waals surface area contributed by atoms with Crippen LogP contribution in [0.3, 0.4) is 0 Å². The molecule has 2 unspecified atom stereocenters.